The highest BCUT2D eigenvalue weighted by molar-refractivity contribution is 9.10. The molecule has 0 aromatic carbocycles. The molecule has 0 bridgehead atoms. The molecule has 2 rings (SSSR count). The minimum atomic E-state index is 0.0871. The highest BCUT2D eigenvalue weighted by Crippen LogP contribution is 2.36. The summed E-state index contributed by atoms with van der Waals surface area (Å²) in [6.07, 6.45) is 12.8. The average Bonchev–Trinajstić information content (AvgIpc) is 2.47. The summed E-state index contributed by atoms with van der Waals surface area (Å²) in [6.45, 7) is 0. The molecule has 0 saturated heterocycles. The molecule has 2 saturated carbocycles. The topological polar surface area (TPSA) is 17.1 Å². The van der Waals surface area contributed by atoms with Crippen LogP contribution < -0.4 is 0 Å². The molecule has 1 nitrogen and oxygen atoms in total. The lowest BCUT2D eigenvalue weighted by molar-refractivity contribution is -0.119. The van der Waals surface area contributed by atoms with Crippen LogP contribution in [-0.2, 0) is 4.79 Å². The third-order valence-electron chi connectivity index (χ3n) is 4.67. The van der Waals surface area contributed by atoms with Crippen molar-refractivity contribution in [1.29, 1.82) is 0 Å². The molecule has 18 heavy (non-hydrogen) atoms. The summed E-state index contributed by atoms with van der Waals surface area (Å²) in [7, 11) is 0. The van der Waals surface area contributed by atoms with E-state index >= 15 is 0 Å². The van der Waals surface area contributed by atoms with Gasteiger partial charge in [-0.15, -0.1) is 0 Å². The lowest BCUT2D eigenvalue weighted by Gasteiger charge is -2.30. The summed E-state index contributed by atoms with van der Waals surface area (Å²) in [4.78, 5) is 12.7. The Balaban J connectivity index is 1.87. The first kappa shape index (κ1) is 15.0. The molecule has 0 heterocycles. The number of carbonyl (C=O) groups is 1. The van der Waals surface area contributed by atoms with Gasteiger partial charge in [0.15, 0.2) is 5.78 Å². The van der Waals surface area contributed by atoms with Crippen molar-refractivity contribution >= 4 is 37.6 Å². The zero-order valence-electron chi connectivity index (χ0n) is 11.0. The minimum Gasteiger partial charge on any atom is -0.297 e. The highest BCUT2D eigenvalue weighted by atomic mass is 79.9. The van der Waals surface area contributed by atoms with Gasteiger partial charge >= 0.3 is 0 Å². The summed E-state index contributed by atoms with van der Waals surface area (Å²) < 4.78 is 0. The molecular formula is C15H24Br2O. The number of hydrogen-bond donors (Lipinski definition) is 0. The molecule has 2 aliphatic carbocycles. The summed E-state index contributed by atoms with van der Waals surface area (Å²) in [5, 5.41) is 0. The minimum absolute atomic E-state index is 0.0871. The summed E-state index contributed by atoms with van der Waals surface area (Å²) in [6, 6.07) is 0. The number of halogens is 2. The van der Waals surface area contributed by atoms with Crippen molar-refractivity contribution in [2.24, 2.45) is 11.8 Å². The summed E-state index contributed by atoms with van der Waals surface area (Å²) in [5.41, 5.74) is 0. The normalized spacial score (nSPS) is 26.8. The fraction of sp³-hybridized carbons (Fsp3) is 0.933. The van der Waals surface area contributed by atoms with E-state index in [0.717, 1.165) is 0 Å². The smallest absolute Gasteiger partial charge is 0.160 e. The number of Topliss-reactive ketones (excluding diaryl/α,β-unsaturated/α-hetero) is 1. The summed E-state index contributed by atoms with van der Waals surface area (Å²) >= 11 is 7.38. The molecule has 104 valence electrons. The zero-order chi connectivity index (χ0) is 13.0. The van der Waals surface area contributed by atoms with Gasteiger partial charge in [-0.1, -0.05) is 70.4 Å². The molecule has 0 aliphatic heterocycles. The zero-order valence-corrected chi connectivity index (χ0v) is 14.2. The predicted molar refractivity (Wildman–Crippen MR) is 83.6 cm³/mol. The van der Waals surface area contributed by atoms with Crippen LogP contribution in [0.4, 0.5) is 0 Å². The fourth-order valence-electron chi connectivity index (χ4n) is 3.47. The largest absolute Gasteiger partial charge is 0.297 e. The second kappa shape index (κ2) is 7.42. The SMILES string of the molecule is O=C(C(Br)C1CCCCC1)C(Br)C1CCCCC1. The Labute approximate surface area is 128 Å². The second-order valence-corrected chi connectivity index (χ2v) is 7.98. The van der Waals surface area contributed by atoms with Crippen LogP contribution in [0.25, 0.3) is 0 Å². The summed E-state index contributed by atoms with van der Waals surface area (Å²) in [5.74, 6) is 1.57. The third kappa shape index (κ3) is 3.82. The van der Waals surface area contributed by atoms with Crippen molar-refractivity contribution in [3.05, 3.63) is 0 Å². The van der Waals surface area contributed by atoms with E-state index in [0.29, 0.717) is 17.6 Å². The van der Waals surface area contributed by atoms with Crippen LogP contribution in [-0.4, -0.2) is 15.4 Å². The second-order valence-electron chi connectivity index (χ2n) is 6.00. The first-order valence-corrected chi connectivity index (χ1v) is 9.35. The van der Waals surface area contributed by atoms with Gasteiger partial charge in [0.1, 0.15) is 0 Å². The monoisotopic (exact) mass is 378 g/mol. The van der Waals surface area contributed by atoms with Gasteiger partial charge in [0.25, 0.3) is 0 Å². The van der Waals surface area contributed by atoms with Crippen LogP contribution >= 0.6 is 31.9 Å². The van der Waals surface area contributed by atoms with Gasteiger partial charge in [-0.25, -0.2) is 0 Å². The van der Waals surface area contributed by atoms with E-state index in [9.17, 15) is 4.79 Å². The lowest BCUT2D eigenvalue weighted by Crippen LogP contribution is -2.36. The molecule has 0 radical (unpaired) electrons. The molecule has 2 fully saturated rings. The molecule has 0 amide bonds. The Hall–Kier alpha value is 0.630. The van der Waals surface area contributed by atoms with Crippen LogP contribution in [0.1, 0.15) is 64.2 Å². The average molecular weight is 380 g/mol. The van der Waals surface area contributed by atoms with Crippen molar-refractivity contribution in [3.8, 4) is 0 Å². The number of rotatable bonds is 4. The van der Waals surface area contributed by atoms with E-state index in [1.807, 2.05) is 0 Å². The molecule has 0 N–H and O–H groups in total. The van der Waals surface area contributed by atoms with E-state index < -0.39 is 0 Å². The van der Waals surface area contributed by atoms with Gasteiger partial charge in [0.05, 0.1) is 9.65 Å². The van der Waals surface area contributed by atoms with Crippen LogP contribution in [0.5, 0.6) is 0 Å². The van der Waals surface area contributed by atoms with Crippen molar-refractivity contribution in [2.45, 2.75) is 73.9 Å². The van der Waals surface area contributed by atoms with Crippen molar-refractivity contribution in [3.63, 3.8) is 0 Å². The molecule has 0 spiro atoms. The van der Waals surface area contributed by atoms with Gasteiger partial charge in [0, 0.05) is 0 Å². The Kier molecular flexibility index (Phi) is 6.20. The molecule has 2 unspecified atom stereocenters. The standard InChI is InChI=1S/C15H24Br2O/c16-13(11-7-3-1-4-8-11)15(18)14(17)12-9-5-2-6-10-12/h11-14H,1-10H2. The maximum absolute atomic E-state index is 12.5. The number of alkyl halides is 2. The van der Waals surface area contributed by atoms with Gasteiger partial charge in [-0.2, -0.15) is 0 Å². The van der Waals surface area contributed by atoms with Crippen molar-refractivity contribution in [1.82, 2.24) is 0 Å². The van der Waals surface area contributed by atoms with E-state index in [2.05, 4.69) is 31.9 Å². The molecule has 2 atom stereocenters. The Bertz CT molecular complexity index is 242. The van der Waals surface area contributed by atoms with Crippen molar-refractivity contribution < 1.29 is 4.79 Å². The first-order chi connectivity index (χ1) is 8.70. The molecular weight excluding hydrogens is 356 g/mol. The predicted octanol–water partition coefficient (Wildman–Crippen LogP) is 5.24. The van der Waals surface area contributed by atoms with Crippen LogP contribution in [0.3, 0.4) is 0 Å². The van der Waals surface area contributed by atoms with Crippen LogP contribution in [0.15, 0.2) is 0 Å². The molecule has 2 aliphatic rings. The fourth-order valence-corrected chi connectivity index (χ4v) is 5.45. The highest BCUT2D eigenvalue weighted by Gasteiger charge is 2.34. The van der Waals surface area contributed by atoms with Gasteiger partial charge in [0.2, 0.25) is 0 Å². The Morgan fingerprint density at radius 2 is 1.06 bits per heavy atom. The Morgan fingerprint density at radius 3 is 1.39 bits per heavy atom. The van der Waals surface area contributed by atoms with Gasteiger partial charge in [-0.3, -0.25) is 4.79 Å². The van der Waals surface area contributed by atoms with Crippen LogP contribution in [0, 0.1) is 11.8 Å². The lowest BCUT2D eigenvalue weighted by atomic mass is 9.81. The van der Waals surface area contributed by atoms with Crippen molar-refractivity contribution in [2.75, 3.05) is 0 Å². The van der Waals surface area contributed by atoms with E-state index in [1.54, 1.807) is 0 Å². The number of ketones is 1. The molecule has 3 heteroatoms. The van der Waals surface area contributed by atoms with Crippen LogP contribution in [0.2, 0.25) is 0 Å². The number of hydrogen-bond acceptors (Lipinski definition) is 1. The maximum Gasteiger partial charge on any atom is 0.160 e. The first-order valence-electron chi connectivity index (χ1n) is 7.52. The van der Waals surface area contributed by atoms with E-state index in [1.165, 1.54) is 64.2 Å². The van der Waals surface area contributed by atoms with Gasteiger partial charge < -0.3 is 0 Å². The quantitative estimate of drug-likeness (QED) is 0.610. The Morgan fingerprint density at radius 1 is 0.722 bits per heavy atom. The molecule has 0 aromatic rings. The maximum atomic E-state index is 12.5. The third-order valence-corrected chi connectivity index (χ3v) is 7.07. The number of carbonyl (C=O) groups excluding carboxylic acids is 1. The van der Waals surface area contributed by atoms with Gasteiger partial charge in [-0.05, 0) is 37.5 Å². The molecule has 0 aromatic heterocycles. The van der Waals surface area contributed by atoms with E-state index in [-0.39, 0.29) is 9.65 Å². The van der Waals surface area contributed by atoms with E-state index in [4.69, 9.17) is 0 Å².